The molecule has 32 heavy (non-hydrogen) atoms. The molecular weight excluding hydrogens is 398 g/mol. The van der Waals surface area contributed by atoms with Crippen LogP contribution in [-0.2, 0) is 4.79 Å². The van der Waals surface area contributed by atoms with E-state index in [1.54, 1.807) is 12.1 Å². The molecule has 0 aromatic heterocycles. The van der Waals surface area contributed by atoms with Crippen LogP contribution in [0.15, 0.2) is 103 Å². The van der Waals surface area contributed by atoms with Crippen molar-refractivity contribution in [2.45, 2.75) is 12.0 Å². The summed E-state index contributed by atoms with van der Waals surface area (Å²) in [5.41, 5.74) is 6.34. The van der Waals surface area contributed by atoms with Gasteiger partial charge in [-0.3, -0.25) is 4.79 Å². The number of carbonyl (C=O) groups excluding carboxylic acids is 1. The van der Waals surface area contributed by atoms with Gasteiger partial charge in [0.25, 0.3) is 5.91 Å². The second-order valence-electron chi connectivity index (χ2n) is 7.88. The van der Waals surface area contributed by atoms with Crippen molar-refractivity contribution in [1.29, 1.82) is 0 Å². The lowest BCUT2D eigenvalue weighted by molar-refractivity contribution is -0.139. The van der Waals surface area contributed by atoms with Crippen LogP contribution in [0.1, 0.15) is 27.4 Å². The van der Waals surface area contributed by atoms with E-state index in [4.69, 9.17) is 0 Å². The van der Waals surface area contributed by atoms with Gasteiger partial charge in [0.05, 0.1) is 0 Å². The topological polar surface area (TPSA) is 66.4 Å². The van der Waals surface area contributed by atoms with Crippen LogP contribution >= 0.6 is 0 Å². The van der Waals surface area contributed by atoms with Crippen molar-refractivity contribution < 1.29 is 14.7 Å². The summed E-state index contributed by atoms with van der Waals surface area (Å²) in [6.45, 7) is 0. The number of rotatable bonds is 5. The van der Waals surface area contributed by atoms with Crippen LogP contribution in [0.4, 0.5) is 0 Å². The van der Waals surface area contributed by atoms with E-state index < -0.39 is 23.8 Å². The van der Waals surface area contributed by atoms with E-state index in [1.807, 2.05) is 91.0 Å². The van der Waals surface area contributed by atoms with E-state index in [0.717, 1.165) is 33.4 Å². The average Bonchev–Trinajstić information content (AvgIpc) is 3.17. The zero-order valence-corrected chi connectivity index (χ0v) is 17.2. The molecule has 2 N–H and O–H groups in total. The zero-order valence-electron chi connectivity index (χ0n) is 17.2. The number of benzene rings is 4. The minimum atomic E-state index is -1.08. The summed E-state index contributed by atoms with van der Waals surface area (Å²) >= 11 is 0. The fourth-order valence-corrected chi connectivity index (χ4v) is 4.51. The molecule has 4 heteroatoms. The monoisotopic (exact) mass is 419 g/mol. The smallest absolute Gasteiger partial charge is 0.327 e. The van der Waals surface area contributed by atoms with E-state index in [9.17, 15) is 14.7 Å². The molecule has 1 atom stereocenters. The molecule has 5 rings (SSSR count). The van der Waals surface area contributed by atoms with Crippen LogP contribution in [-0.4, -0.2) is 23.0 Å². The molecule has 0 aliphatic heterocycles. The van der Waals surface area contributed by atoms with Gasteiger partial charge in [-0.05, 0) is 45.5 Å². The van der Waals surface area contributed by atoms with Gasteiger partial charge >= 0.3 is 5.97 Å². The van der Waals surface area contributed by atoms with E-state index in [-0.39, 0.29) is 0 Å². The summed E-state index contributed by atoms with van der Waals surface area (Å²) in [6.07, 6.45) is 0. The maximum Gasteiger partial charge on any atom is 0.327 e. The lowest BCUT2D eigenvalue weighted by atomic mass is 9.89. The summed E-state index contributed by atoms with van der Waals surface area (Å²) in [7, 11) is 0. The number of carbonyl (C=O) groups is 2. The maximum absolute atomic E-state index is 13.0. The summed E-state index contributed by atoms with van der Waals surface area (Å²) in [5.74, 6) is -1.91. The predicted molar refractivity (Wildman–Crippen MR) is 124 cm³/mol. The fraction of sp³-hybridized carbons (Fsp3) is 0.0714. The first-order valence-corrected chi connectivity index (χ1v) is 10.5. The highest BCUT2D eigenvalue weighted by Crippen LogP contribution is 2.46. The molecule has 156 valence electrons. The highest BCUT2D eigenvalue weighted by atomic mass is 16.4. The summed E-state index contributed by atoms with van der Waals surface area (Å²) in [6, 6.07) is 31.6. The van der Waals surface area contributed by atoms with Crippen molar-refractivity contribution >= 4 is 11.9 Å². The first-order valence-electron chi connectivity index (χ1n) is 10.5. The second-order valence-corrected chi connectivity index (χ2v) is 7.88. The van der Waals surface area contributed by atoms with Crippen LogP contribution in [0, 0.1) is 0 Å². The Morgan fingerprint density at radius 2 is 1.16 bits per heavy atom. The number of carboxylic acid groups (broad SMARTS) is 1. The van der Waals surface area contributed by atoms with E-state index in [2.05, 4.69) is 5.32 Å². The molecule has 4 aromatic rings. The highest BCUT2D eigenvalue weighted by molar-refractivity contribution is 5.98. The Balaban J connectivity index is 1.45. The third-order valence-corrected chi connectivity index (χ3v) is 6.02. The second kappa shape index (κ2) is 8.16. The molecule has 0 spiro atoms. The fourth-order valence-electron chi connectivity index (χ4n) is 4.51. The first-order chi connectivity index (χ1) is 15.6. The SMILES string of the molecule is O=C(N[C@H](C(=O)O)C1c2ccccc2-c2ccccc21)c1ccc(-c2ccccc2)cc1. The Labute approximate surface area is 186 Å². The largest absolute Gasteiger partial charge is 0.480 e. The number of aliphatic carboxylic acids is 1. The highest BCUT2D eigenvalue weighted by Gasteiger charge is 2.38. The Morgan fingerprint density at radius 1 is 0.656 bits per heavy atom. The molecule has 1 aliphatic carbocycles. The molecule has 0 fully saturated rings. The minimum Gasteiger partial charge on any atom is -0.480 e. The van der Waals surface area contributed by atoms with E-state index >= 15 is 0 Å². The van der Waals surface area contributed by atoms with Gasteiger partial charge in [-0.2, -0.15) is 0 Å². The zero-order chi connectivity index (χ0) is 22.1. The van der Waals surface area contributed by atoms with Gasteiger partial charge in [-0.25, -0.2) is 4.79 Å². The Kier molecular flexibility index (Phi) is 5.04. The number of hydrogen-bond donors (Lipinski definition) is 2. The van der Waals surface area contributed by atoms with Gasteiger partial charge in [0, 0.05) is 11.5 Å². The molecule has 0 saturated heterocycles. The number of hydrogen-bond acceptors (Lipinski definition) is 2. The van der Waals surface area contributed by atoms with Gasteiger partial charge in [-0.1, -0.05) is 91.0 Å². The van der Waals surface area contributed by atoms with Crippen molar-refractivity contribution in [1.82, 2.24) is 5.32 Å². The average molecular weight is 419 g/mol. The first kappa shape index (κ1) is 19.8. The van der Waals surface area contributed by atoms with Crippen molar-refractivity contribution in [2.24, 2.45) is 0 Å². The minimum absolute atomic E-state index is 0.404. The number of nitrogens with one attached hydrogen (secondary N) is 1. The summed E-state index contributed by atoms with van der Waals surface area (Å²) in [5, 5.41) is 12.8. The van der Waals surface area contributed by atoms with Gasteiger partial charge in [-0.15, -0.1) is 0 Å². The van der Waals surface area contributed by atoms with Crippen molar-refractivity contribution in [3.63, 3.8) is 0 Å². The molecule has 0 radical (unpaired) electrons. The maximum atomic E-state index is 13.0. The third kappa shape index (κ3) is 3.46. The Morgan fingerprint density at radius 3 is 1.72 bits per heavy atom. The molecular formula is C28H21NO3. The Hall–Kier alpha value is -4.18. The molecule has 4 aromatic carbocycles. The van der Waals surface area contributed by atoms with Crippen LogP contribution < -0.4 is 5.32 Å². The van der Waals surface area contributed by atoms with E-state index in [0.29, 0.717) is 5.56 Å². The molecule has 0 saturated carbocycles. The van der Waals surface area contributed by atoms with Crippen LogP contribution in [0.2, 0.25) is 0 Å². The van der Waals surface area contributed by atoms with Gasteiger partial charge < -0.3 is 10.4 Å². The Bertz CT molecular complexity index is 1250. The van der Waals surface area contributed by atoms with Crippen LogP contribution in [0.25, 0.3) is 22.3 Å². The van der Waals surface area contributed by atoms with Crippen LogP contribution in [0.3, 0.4) is 0 Å². The number of amides is 1. The van der Waals surface area contributed by atoms with E-state index in [1.165, 1.54) is 0 Å². The van der Waals surface area contributed by atoms with Crippen molar-refractivity contribution in [3.8, 4) is 22.3 Å². The normalized spacial score (nSPS) is 13.1. The van der Waals surface area contributed by atoms with Gasteiger partial charge in [0.2, 0.25) is 0 Å². The number of carboxylic acids is 1. The van der Waals surface area contributed by atoms with Crippen LogP contribution in [0.5, 0.6) is 0 Å². The summed E-state index contributed by atoms with van der Waals surface area (Å²) < 4.78 is 0. The molecule has 0 bridgehead atoms. The standard InChI is InChI=1S/C28H21NO3/c30-27(20-16-14-19(15-17-20)18-8-2-1-3-9-18)29-26(28(31)32)25-23-12-6-4-10-21(23)22-11-5-7-13-24(22)25/h1-17,25-26H,(H,29,30)(H,31,32)/t26-/m0/s1. The molecule has 1 amide bonds. The predicted octanol–water partition coefficient (Wildman–Crippen LogP) is 5.35. The van der Waals surface area contributed by atoms with Gasteiger partial charge in [0.15, 0.2) is 0 Å². The van der Waals surface area contributed by atoms with Crippen molar-refractivity contribution in [3.05, 3.63) is 120 Å². The quantitative estimate of drug-likeness (QED) is 0.458. The lowest BCUT2D eigenvalue weighted by Gasteiger charge is -2.23. The van der Waals surface area contributed by atoms with Crippen molar-refractivity contribution in [2.75, 3.05) is 0 Å². The molecule has 0 heterocycles. The molecule has 0 unspecified atom stereocenters. The molecule has 4 nitrogen and oxygen atoms in total. The van der Waals surface area contributed by atoms with Gasteiger partial charge in [0.1, 0.15) is 6.04 Å². The molecule has 1 aliphatic rings. The number of fused-ring (bicyclic) bond motifs is 3. The third-order valence-electron chi connectivity index (χ3n) is 6.02. The lowest BCUT2D eigenvalue weighted by Crippen LogP contribution is -2.44. The summed E-state index contributed by atoms with van der Waals surface area (Å²) in [4.78, 5) is 25.3.